The smallest absolute Gasteiger partial charge is 0.0184 e. The zero-order chi connectivity index (χ0) is 35.8. The molecule has 0 saturated heterocycles. The largest absolute Gasteiger partial charge is 0.147 e. The maximum atomic E-state index is 2.72. The van der Waals surface area contributed by atoms with Crippen molar-refractivity contribution in [2.45, 2.75) is 17.0 Å². The molecule has 55 heavy (non-hydrogen) atoms. The first-order valence-corrected chi connectivity index (χ1v) is 23.7. The van der Waals surface area contributed by atoms with Crippen LogP contribution in [0.4, 0.5) is 0 Å². The summed E-state index contributed by atoms with van der Waals surface area (Å²) >= 11 is -1.85. The van der Waals surface area contributed by atoms with Crippen LogP contribution in [0.2, 0.25) is 3.63 Å². The molecule has 0 amide bonds. The van der Waals surface area contributed by atoms with Gasteiger partial charge in [-0.2, -0.15) is 0 Å². The summed E-state index contributed by atoms with van der Waals surface area (Å²) in [5.74, 6) is 5.87. The minimum Gasteiger partial charge on any atom is -0.147 e. The summed E-state index contributed by atoms with van der Waals surface area (Å²) in [6, 6.07) is 41.6. The summed E-state index contributed by atoms with van der Waals surface area (Å²) < 4.78 is 5.45. The van der Waals surface area contributed by atoms with Gasteiger partial charge in [0, 0.05) is 0 Å². The number of allylic oxidation sites excluding steroid dienone is 16. The van der Waals surface area contributed by atoms with Crippen LogP contribution in [0.15, 0.2) is 216 Å². The molecule has 0 aromatic heterocycles. The second kappa shape index (κ2) is 19.8. The maximum absolute atomic E-state index is 2.72. The predicted octanol–water partition coefficient (Wildman–Crippen LogP) is 13.9. The van der Waals surface area contributed by atoms with Gasteiger partial charge in [-0.1, -0.05) is 121 Å². The van der Waals surface area contributed by atoms with Gasteiger partial charge in [0.1, 0.15) is 0 Å². The van der Waals surface area contributed by atoms with Crippen LogP contribution in [-0.2, 0) is 21.3 Å². The van der Waals surface area contributed by atoms with E-state index in [1.807, 2.05) is 27.5 Å². The number of benzene rings is 4. The molecule has 0 spiro atoms. The quantitative estimate of drug-likeness (QED) is 0.192. The first-order chi connectivity index (χ1) is 26.3. The molecule has 9 unspecified atom stereocenters. The minimum absolute atomic E-state index is 0. The van der Waals surface area contributed by atoms with Gasteiger partial charge < -0.3 is 0 Å². The summed E-state index contributed by atoms with van der Waals surface area (Å²) in [6.07, 6.45) is 37.9. The van der Waals surface area contributed by atoms with E-state index in [4.69, 9.17) is 0 Å². The van der Waals surface area contributed by atoms with E-state index in [1.165, 1.54) is 28.7 Å². The molecule has 0 nitrogen and oxygen atoms in total. The van der Waals surface area contributed by atoms with Crippen molar-refractivity contribution >= 4 is 28.5 Å². The Labute approximate surface area is 349 Å². The topological polar surface area (TPSA) is 0 Å². The van der Waals surface area contributed by atoms with Gasteiger partial charge in [-0.05, 0) is 22.3 Å². The fourth-order valence-corrected chi connectivity index (χ4v) is 18.6. The van der Waals surface area contributed by atoms with Crippen molar-refractivity contribution in [2.24, 2.45) is 47.3 Å². The average Bonchev–Trinajstić information content (AvgIpc) is 3.91. The van der Waals surface area contributed by atoms with Crippen LogP contribution in [0.1, 0.15) is 13.3 Å². The van der Waals surface area contributed by atoms with E-state index in [1.54, 1.807) is 0 Å². The van der Waals surface area contributed by atoms with Crippen molar-refractivity contribution in [3.05, 3.63) is 216 Å². The molecule has 0 N–H and O–H groups in total. The van der Waals surface area contributed by atoms with Crippen molar-refractivity contribution in [1.29, 1.82) is 0 Å². The minimum atomic E-state index is -1.85. The Hall–Kier alpha value is -3.87. The van der Waals surface area contributed by atoms with Crippen LogP contribution in [0.3, 0.4) is 0 Å². The zero-order valence-electron chi connectivity index (χ0n) is 31.5. The second-order valence-electron chi connectivity index (χ2n) is 15.0. The van der Waals surface area contributed by atoms with Crippen LogP contribution < -0.4 is 0 Å². The third kappa shape index (κ3) is 8.92. The van der Waals surface area contributed by atoms with Crippen LogP contribution in [-0.4, -0.2) is 3.71 Å². The van der Waals surface area contributed by atoms with Gasteiger partial charge >= 0.3 is 184 Å². The maximum Gasteiger partial charge on any atom is -0.0184 e. The summed E-state index contributed by atoms with van der Waals surface area (Å²) in [5.41, 5.74) is 5.10. The molecule has 4 aromatic carbocycles. The van der Waals surface area contributed by atoms with Crippen molar-refractivity contribution in [3.8, 4) is 22.3 Å². The fourth-order valence-electron chi connectivity index (χ4n) is 10.2. The standard InChI is InChI=1S/C21H21.2C12H10.C5H5.C2H4.2ClH.Zr/c1-2-8-15-14(7-1)13-20-18-11-4-3-9-16(18)17-10-5-6-12-19(17)21(15)20;2*1-3-7-11(8-4-1)12-9-5-2-6-10-12;1-2-4-5-3-1;1-2;;;/h1-21H;2*1-10H;1-3H,4H2;1H,2H3;2*1H;. The third-order valence-electron chi connectivity index (χ3n) is 12.3. The molecule has 0 radical (unpaired) electrons. The van der Waals surface area contributed by atoms with Crippen LogP contribution in [0.25, 0.3) is 22.3 Å². The van der Waals surface area contributed by atoms with Gasteiger partial charge in [0.05, 0.1) is 0 Å². The number of hydrogen-bond donors (Lipinski definition) is 0. The molecular formula is C52H52Cl2Zr. The molecule has 6 aliphatic carbocycles. The molecule has 4 aromatic rings. The molecule has 2 fully saturated rings. The Morgan fingerprint density at radius 1 is 0.418 bits per heavy atom. The van der Waals surface area contributed by atoms with E-state index in [0.717, 1.165) is 27.3 Å². The van der Waals surface area contributed by atoms with Gasteiger partial charge in [0.25, 0.3) is 0 Å². The molecule has 0 heterocycles. The Balaban J connectivity index is 0.000000164. The molecule has 2 saturated carbocycles. The molecular weight excluding hydrogens is 787 g/mol. The Kier molecular flexibility index (Phi) is 14.7. The zero-order valence-corrected chi connectivity index (χ0v) is 35.6. The van der Waals surface area contributed by atoms with Crippen molar-refractivity contribution in [1.82, 2.24) is 0 Å². The van der Waals surface area contributed by atoms with Crippen molar-refractivity contribution < 1.29 is 21.3 Å². The number of hydrogen-bond acceptors (Lipinski definition) is 0. The summed E-state index contributed by atoms with van der Waals surface area (Å²) in [5, 5.41) is 0. The Morgan fingerprint density at radius 3 is 1.13 bits per heavy atom. The molecule has 10 rings (SSSR count). The second-order valence-corrected chi connectivity index (χ2v) is 21.9. The third-order valence-corrected chi connectivity index (χ3v) is 20.2. The number of rotatable bonds is 4. The van der Waals surface area contributed by atoms with Crippen molar-refractivity contribution in [3.63, 3.8) is 0 Å². The van der Waals surface area contributed by atoms with E-state index < -0.39 is 21.3 Å². The summed E-state index contributed by atoms with van der Waals surface area (Å²) in [7, 11) is 0. The van der Waals surface area contributed by atoms with Gasteiger partial charge in [0.15, 0.2) is 0 Å². The first kappa shape index (κ1) is 40.8. The monoisotopic (exact) mass is 836 g/mol. The molecule has 278 valence electrons. The molecule has 0 bridgehead atoms. The molecule has 3 heteroatoms. The van der Waals surface area contributed by atoms with E-state index in [-0.39, 0.29) is 24.8 Å². The SMILES string of the molecule is C/[CH]=[Zr](\[C]1=CC=CC1)[CH]1C2C=CC=CC2C2C3C=CC=CC3C3C=CC=CC3C21.Cl.Cl.c1ccc(-c2ccccc2)cc1.c1ccc(-c2ccccc2)cc1. The van der Waals surface area contributed by atoms with Crippen LogP contribution in [0, 0.1) is 47.3 Å². The summed E-state index contributed by atoms with van der Waals surface area (Å²) in [6.45, 7) is 2.39. The van der Waals surface area contributed by atoms with E-state index in [2.05, 4.69) is 199 Å². The summed E-state index contributed by atoms with van der Waals surface area (Å²) in [4.78, 5) is 0. The first-order valence-electron chi connectivity index (χ1n) is 19.6. The molecule has 0 aliphatic heterocycles. The van der Waals surface area contributed by atoms with Crippen LogP contribution in [0.5, 0.6) is 0 Å². The van der Waals surface area contributed by atoms with Gasteiger partial charge in [-0.15, -0.1) is 24.8 Å². The fraction of sp³-hybridized carbons (Fsp3) is 0.212. The Bertz CT molecular complexity index is 1950. The Morgan fingerprint density at radius 2 is 0.764 bits per heavy atom. The van der Waals surface area contributed by atoms with Crippen LogP contribution >= 0.6 is 24.8 Å². The van der Waals surface area contributed by atoms with Crippen molar-refractivity contribution in [2.75, 3.05) is 0 Å². The van der Waals surface area contributed by atoms with Gasteiger partial charge in [-0.3, -0.25) is 0 Å². The number of fused-ring (bicyclic) bond motifs is 8. The molecule has 6 aliphatic rings. The van der Waals surface area contributed by atoms with Gasteiger partial charge in [0.2, 0.25) is 0 Å². The van der Waals surface area contributed by atoms with E-state index >= 15 is 0 Å². The molecule has 9 atom stereocenters. The van der Waals surface area contributed by atoms with Gasteiger partial charge in [-0.25, -0.2) is 0 Å². The normalized spacial score (nSPS) is 28.3. The average molecular weight is 839 g/mol. The number of halogens is 2. The van der Waals surface area contributed by atoms with E-state index in [9.17, 15) is 0 Å². The van der Waals surface area contributed by atoms with E-state index in [0.29, 0.717) is 23.7 Å². The predicted molar refractivity (Wildman–Crippen MR) is 238 cm³/mol.